The topological polar surface area (TPSA) is 52.9 Å². The molecule has 0 radical (unpaired) electrons. The zero-order chi connectivity index (χ0) is 18.8. The molecule has 8 heteroatoms. The van der Waals surface area contributed by atoms with E-state index in [-0.39, 0.29) is 23.4 Å². The number of thioether (sulfide) groups is 1. The van der Waals surface area contributed by atoms with Gasteiger partial charge in [-0.15, -0.1) is 11.8 Å². The average molecular weight is 366 g/mol. The van der Waals surface area contributed by atoms with Gasteiger partial charge in [0.25, 0.3) is 5.91 Å². The molecule has 0 aromatic carbocycles. The number of hydrogen-bond acceptors (Lipinski definition) is 3. The number of hydroxylamine groups is 2. The van der Waals surface area contributed by atoms with Crippen LogP contribution in [0.15, 0.2) is 16.8 Å². The lowest BCUT2D eigenvalue weighted by Gasteiger charge is -2.38. The minimum Gasteiger partial charge on any atom is -0.282 e. The molecule has 1 aliphatic rings. The van der Waals surface area contributed by atoms with Crippen molar-refractivity contribution < 1.29 is 23.2 Å². The fourth-order valence-corrected chi connectivity index (χ4v) is 2.91. The van der Waals surface area contributed by atoms with Crippen LogP contribution in [0.25, 0.3) is 0 Å². The second kappa shape index (κ2) is 7.47. The monoisotopic (exact) mass is 366 g/mol. The molecule has 0 aliphatic carbocycles. The summed E-state index contributed by atoms with van der Waals surface area (Å²) in [6.07, 6.45) is -2.60. The standard InChI is InChI=1S/C16H25F3N2O2S/c1-6-14(2,3)11-10-12(21(11)23)20-13(22)15(4,5)24-9-7-8-16(17,18)19/h10,23H,6-9H2,1-5H3. The first-order chi connectivity index (χ1) is 10.8. The number of rotatable bonds is 7. The van der Waals surface area contributed by atoms with E-state index in [2.05, 4.69) is 4.99 Å². The lowest BCUT2D eigenvalue weighted by Crippen LogP contribution is -2.42. The zero-order valence-corrected chi connectivity index (χ0v) is 15.5. The van der Waals surface area contributed by atoms with E-state index in [1.54, 1.807) is 19.9 Å². The second-order valence-corrected chi connectivity index (χ2v) is 8.65. The Morgan fingerprint density at radius 1 is 1.29 bits per heavy atom. The molecule has 0 unspecified atom stereocenters. The van der Waals surface area contributed by atoms with Crippen LogP contribution in [0.4, 0.5) is 13.2 Å². The highest BCUT2D eigenvalue weighted by Gasteiger charge is 2.37. The molecule has 1 N–H and O–H groups in total. The fourth-order valence-electron chi connectivity index (χ4n) is 1.94. The van der Waals surface area contributed by atoms with Gasteiger partial charge in [-0.1, -0.05) is 20.8 Å². The van der Waals surface area contributed by atoms with Gasteiger partial charge in [0.05, 0.1) is 10.4 Å². The van der Waals surface area contributed by atoms with Gasteiger partial charge in [0, 0.05) is 17.9 Å². The molecule has 0 bridgehead atoms. The van der Waals surface area contributed by atoms with Crippen molar-refractivity contribution in [2.45, 2.75) is 64.8 Å². The summed E-state index contributed by atoms with van der Waals surface area (Å²) in [4.78, 5) is 16.1. The van der Waals surface area contributed by atoms with Crippen LogP contribution in [-0.4, -0.2) is 38.7 Å². The molecule has 0 aromatic rings. The minimum atomic E-state index is -4.18. The minimum absolute atomic E-state index is 0.0394. The number of carbonyl (C=O) groups is 1. The molecule has 0 atom stereocenters. The van der Waals surface area contributed by atoms with E-state index in [1.807, 2.05) is 20.8 Å². The molecule has 138 valence electrons. The van der Waals surface area contributed by atoms with Crippen LogP contribution in [0, 0.1) is 5.41 Å². The Labute approximate surface area is 145 Å². The van der Waals surface area contributed by atoms with Crippen molar-refractivity contribution in [1.82, 2.24) is 5.06 Å². The molecule has 1 aliphatic heterocycles. The van der Waals surface area contributed by atoms with Gasteiger partial charge in [-0.3, -0.25) is 10.0 Å². The smallest absolute Gasteiger partial charge is 0.282 e. The van der Waals surface area contributed by atoms with Gasteiger partial charge in [0.15, 0.2) is 5.84 Å². The molecule has 0 aromatic heterocycles. The Kier molecular flexibility index (Phi) is 6.55. The van der Waals surface area contributed by atoms with E-state index in [0.29, 0.717) is 5.70 Å². The van der Waals surface area contributed by atoms with Crippen molar-refractivity contribution >= 4 is 23.5 Å². The largest absolute Gasteiger partial charge is 0.389 e. The molecule has 0 saturated carbocycles. The Morgan fingerprint density at radius 3 is 2.33 bits per heavy atom. The third kappa shape index (κ3) is 5.51. The summed E-state index contributed by atoms with van der Waals surface area (Å²) >= 11 is 1.14. The zero-order valence-electron chi connectivity index (χ0n) is 14.7. The van der Waals surface area contributed by atoms with Gasteiger partial charge in [-0.25, -0.2) is 5.06 Å². The number of allylic oxidation sites excluding steroid dienone is 1. The maximum Gasteiger partial charge on any atom is 0.389 e. The maximum absolute atomic E-state index is 12.2. The number of hydrogen-bond donors (Lipinski definition) is 1. The van der Waals surface area contributed by atoms with Crippen molar-refractivity contribution in [3.8, 4) is 0 Å². The first-order valence-electron chi connectivity index (χ1n) is 7.85. The predicted octanol–water partition coefficient (Wildman–Crippen LogP) is 4.79. The van der Waals surface area contributed by atoms with Gasteiger partial charge in [0.2, 0.25) is 0 Å². The Hall–Kier alpha value is -1.02. The van der Waals surface area contributed by atoms with Crippen LogP contribution >= 0.6 is 11.8 Å². The number of nitrogens with zero attached hydrogens (tertiary/aromatic N) is 2. The lowest BCUT2D eigenvalue weighted by atomic mass is 9.83. The molecule has 4 nitrogen and oxygen atoms in total. The average Bonchev–Trinajstić information content (AvgIpc) is 2.45. The van der Waals surface area contributed by atoms with E-state index >= 15 is 0 Å². The fraction of sp³-hybridized carbons (Fsp3) is 0.750. The van der Waals surface area contributed by atoms with Crippen molar-refractivity contribution in [1.29, 1.82) is 0 Å². The highest BCUT2D eigenvalue weighted by molar-refractivity contribution is 8.01. The molecule has 24 heavy (non-hydrogen) atoms. The molecular formula is C16H25F3N2O2S. The number of amides is 1. The van der Waals surface area contributed by atoms with Gasteiger partial charge in [-0.2, -0.15) is 18.2 Å². The predicted molar refractivity (Wildman–Crippen MR) is 90.0 cm³/mol. The first kappa shape index (κ1) is 21.0. The summed E-state index contributed by atoms with van der Waals surface area (Å²) in [5.74, 6) is -0.0886. The number of halogens is 3. The van der Waals surface area contributed by atoms with Crippen LogP contribution in [0.1, 0.15) is 53.9 Å². The van der Waals surface area contributed by atoms with Gasteiger partial charge < -0.3 is 0 Å². The van der Waals surface area contributed by atoms with E-state index in [4.69, 9.17) is 0 Å². The van der Waals surface area contributed by atoms with Crippen molar-refractivity contribution in [2.24, 2.45) is 10.4 Å². The molecule has 1 rings (SSSR count). The van der Waals surface area contributed by atoms with Crippen molar-refractivity contribution in [3.63, 3.8) is 0 Å². The van der Waals surface area contributed by atoms with Crippen LogP contribution in [0.3, 0.4) is 0 Å². The van der Waals surface area contributed by atoms with Gasteiger partial charge in [0.1, 0.15) is 0 Å². The normalized spacial score (nSPS) is 17.8. The van der Waals surface area contributed by atoms with E-state index in [9.17, 15) is 23.2 Å². The van der Waals surface area contributed by atoms with Crippen molar-refractivity contribution in [3.05, 3.63) is 11.8 Å². The van der Waals surface area contributed by atoms with E-state index in [0.717, 1.165) is 23.2 Å². The maximum atomic E-state index is 12.2. The molecule has 0 saturated heterocycles. The van der Waals surface area contributed by atoms with Crippen molar-refractivity contribution in [2.75, 3.05) is 5.75 Å². The SMILES string of the molecule is CCC(C)(C)C1=CC(=NC(=O)C(C)(C)SCCCC(F)(F)F)N1O. The molecule has 1 heterocycles. The third-order valence-electron chi connectivity index (χ3n) is 4.09. The highest BCUT2D eigenvalue weighted by Crippen LogP contribution is 2.37. The Balaban J connectivity index is 2.64. The number of amidine groups is 1. The molecule has 0 fully saturated rings. The summed E-state index contributed by atoms with van der Waals surface area (Å²) < 4.78 is 35.4. The second-order valence-electron chi connectivity index (χ2n) is 6.93. The molecule has 0 spiro atoms. The number of carbonyl (C=O) groups excluding carboxylic acids is 1. The van der Waals surface area contributed by atoms with Crippen LogP contribution < -0.4 is 0 Å². The van der Waals surface area contributed by atoms with Gasteiger partial charge >= 0.3 is 6.18 Å². The number of aliphatic imine (C=N–C) groups is 1. The van der Waals surface area contributed by atoms with Crippen LogP contribution in [-0.2, 0) is 4.79 Å². The third-order valence-corrected chi connectivity index (χ3v) is 5.48. The summed E-state index contributed by atoms with van der Waals surface area (Å²) in [6, 6.07) is 0. The lowest BCUT2D eigenvalue weighted by molar-refractivity contribution is -0.134. The first-order valence-corrected chi connectivity index (χ1v) is 8.84. The Bertz CT molecular complexity index is 540. The molecule has 1 amide bonds. The molecular weight excluding hydrogens is 341 g/mol. The summed E-state index contributed by atoms with van der Waals surface area (Å²) in [7, 11) is 0. The van der Waals surface area contributed by atoms with Crippen LogP contribution in [0.2, 0.25) is 0 Å². The van der Waals surface area contributed by atoms with E-state index in [1.165, 1.54) is 0 Å². The Morgan fingerprint density at radius 2 is 1.88 bits per heavy atom. The quantitative estimate of drug-likeness (QED) is 0.658. The van der Waals surface area contributed by atoms with Crippen LogP contribution in [0.5, 0.6) is 0 Å². The summed E-state index contributed by atoms with van der Waals surface area (Å²) in [6.45, 7) is 9.19. The number of alkyl halides is 3. The van der Waals surface area contributed by atoms with E-state index < -0.39 is 23.3 Å². The van der Waals surface area contributed by atoms with Gasteiger partial charge in [-0.05, 0) is 32.4 Å². The summed E-state index contributed by atoms with van der Waals surface area (Å²) in [5.41, 5.74) is 0.464. The highest BCUT2D eigenvalue weighted by atomic mass is 32.2. The summed E-state index contributed by atoms with van der Waals surface area (Å²) in [5, 5.41) is 10.9.